The van der Waals surface area contributed by atoms with Crippen LogP contribution < -0.4 is 10.9 Å². The summed E-state index contributed by atoms with van der Waals surface area (Å²) in [6.07, 6.45) is 1.99. The molecular weight excluding hydrogens is 422 g/mol. The molecule has 1 N–H and O–H groups in total. The molecule has 1 aliphatic rings. The van der Waals surface area contributed by atoms with E-state index >= 15 is 0 Å². The zero-order chi connectivity index (χ0) is 22.7. The monoisotopic (exact) mass is 451 g/mol. The topological polar surface area (TPSA) is 73.2 Å². The molecule has 0 saturated carbocycles. The molecule has 0 aliphatic carbocycles. The summed E-state index contributed by atoms with van der Waals surface area (Å²) < 4.78 is 7.53. The SMILES string of the molecule is Cc1ccc(CSc2nc3cc(C(=O)NC(C)C)ccc3c(=O)n2CC2CCCO2)cc1. The Hall–Kier alpha value is -2.64. The van der Waals surface area contributed by atoms with Gasteiger partial charge in [0.2, 0.25) is 0 Å². The lowest BCUT2D eigenvalue weighted by Crippen LogP contribution is -2.31. The van der Waals surface area contributed by atoms with E-state index in [2.05, 4.69) is 36.5 Å². The highest BCUT2D eigenvalue weighted by Crippen LogP contribution is 2.24. The highest BCUT2D eigenvalue weighted by molar-refractivity contribution is 7.98. The van der Waals surface area contributed by atoms with Crippen LogP contribution in [0.15, 0.2) is 52.4 Å². The molecule has 7 heteroatoms. The number of nitrogens with zero attached hydrogens (tertiary/aromatic N) is 2. The number of aryl methyl sites for hydroxylation is 1. The molecule has 1 aliphatic heterocycles. The fraction of sp³-hybridized carbons (Fsp3) is 0.400. The van der Waals surface area contributed by atoms with Crippen LogP contribution in [-0.2, 0) is 17.0 Å². The number of fused-ring (bicyclic) bond motifs is 1. The Balaban J connectivity index is 1.71. The van der Waals surface area contributed by atoms with Gasteiger partial charge in [-0.1, -0.05) is 41.6 Å². The number of hydrogen-bond acceptors (Lipinski definition) is 5. The van der Waals surface area contributed by atoms with Gasteiger partial charge in [-0.15, -0.1) is 0 Å². The summed E-state index contributed by atoms with van der Waals surface area (Å²) in [6.45, 7) is 7.13. The molecule has 6 nitrogen and oxygen atoms in total. The lowest BCUT2D eigenvalue weighted by atomic mass is 10.1. The van der Waals surface area contributed by atoms with Crippen molar-refractivity contribution in [2.24, 2.45) is 0 Å². The van der Waals surface area contributed by atoms with Gasteiger partial charge in [0.15, 0.2) is 5.16 Å². The van der Waals surface area contributed by atoms with Crippen LogP contribution in [0.5, 0.6) is 0 Å². The van der Waals surface area contributed by atoms with Gasteiger partial charge in [-0.25, -0.2) is 4.98 Å². The Morgan fingerprint density at radius 2 is 2.03 bits per heavy atom. The molecule has 168 valence electrons. The second-order valence-electron chi connectivity index (χ2n) is 8.58. The molecule has 32 heavy (non-hydrogen) atoms. The van der Waals surface area contributed by atoms with Gasteiger partial charge in [0.25, 0.3) is 11.5 Å². The van der Waals surface area contributed by atoms with E-state index in [0.29, 0.717) is 33.9 Å². The number of hydrogen-bond donors (Lipinski definition) is 1. The zero-order valence-electron chi connectivity index (χ0n) is 18.8. The average Bonchev–Trinajstić information content (AvgIpc) is 3.28. The zero-order valence-corrected chi connectivity index (χ0v) is 19.6. The smallest absolute Gasteiger partial charge is 0.262 e. The number of carbonyl (C=O) groups excluding carboxylic acids is 1. The minimum absolute atomic E-state index is 0.0294. The van der Waals surface area contributed by atoms with Crippen LogP contribution in [0.4, 0.5) is 0 Å². The quantitative estimate of drug-likeness (QED) is 0.428. The van der Waals surface area contributed by atoms with E-state index in [0.717, 1.165) is 19.4 Å². The van der Waals surface area contributed by atoms with Crippen molar-refractivity contribution >= 4 is 28.6 Å². The fourth-order valence-corrected chi connectivity index (χ4v) is 4.75. The Kier molecular flexibility index (Phi) is 6.96. The molecule has 2 aromatic carbocycles. The lowest BCUT2D eigenvalue weighted by Gasteiger charge is -2.17. The van der Waals surface area contributed by atoms with Crippen molar-refractivity contribution in [3.63, 3.8) is 0 Å². The van der Waals surface area contributed by atoms with Gasteiger partial charge in [0.05, 0.1) is 23.6 Å². The van der Waals surface area contributed by atoms with Crippen LogP contribution in [-0.4, -0.2) is 34.2 Å². The lowest BCUT2D eigenvalue weighted by molar-refractivity contribution is 0.0937. The highest BCUT2D eigenvalue weighted by atomic mass is 32.2. The van der Waals surface area contributed by atoms with Gasteiger partial charge in [0, 0.05) is 24.0 Å². The third-order valence-corrected chi connectivity index (χ3v) is 6.55. The first kappa shape index (κ1) is 22.6. The Labute approximate surface area is 192 Å². The van der Waals surface area contributed by atoms with Gasteiger partial charge in [-0.05, 0) is 57.4 Å². The van der Waals surface area contributed by atoms with E-state index in [1.165, 1.54) is 22.9 Å². The Morgan fingerprint density at radius 1 is 1.25 bits per heavy atom. The Morgan fingerprint density at radius 3 is 2.72 bits per heavy atom. The molecule has 1 atom stereocenters. The highest BCUT2D eigenvalue weighted by Gasteiger charge is 2.21. The van der Waals surface area contributed by atoms with Crippen molar-refractivity contribution in [3.8, 4) is 0 Å². The van der Waals surface area contributed by atoms with Crippen molar-refractivity contribution in [1.29, 1.82) is 0 Å². The minimum Gasteiger partial charge on any atom is -0.376 e. The Bertz CT molecular complexity index is 1170. The number of thioether (sulfide) groups is 1. The molecule has 1 unspecified atom stereocenters. The molecule has 0 bridgehead atoms. The number of amides is 1. The summed E-state index contributed by atoms with van der Waals surface area (Å²) in [7, 11) is 0. The number of aromatic nitrogens is 2. The number of carbonyl (C=O) groups is 1. The van der Waals surface area contributed by atoms with E-state index in [9.17, 15) is 9.59 Å². The first-order valence-electron chi connectivity index (χ1n) is 11.1. The van der Waals surface area contributed by atoms with E-state index in [1.54, 1.807) is 22.8 Å². The number of benzene rings is 2. The molecule has 4 rings (SSSR count). The molecule has 1 fully saturated rings. The number of nitrogens with one attached hydrogen (secondary N) is 1. The van der Waals surface area contributed by atoms with E-state index < -0.39 is 0 Å². The summed E-state index contributed by atoms with van der Waals surface area (Å²) in [6, 6.07) is 13.5. The summed E-state index contributed by atoms with van der Waals surface area (Å²) >= 11 is 1.54. The van der Waals surface area contributed by atoms with Crippen LogP contribution in [0.2, 0.25) is 0 Å². The van der Waals surface area contributed by atoms with Gasteiger partial charge >= 0.3 is 0 Å². The van der Waals surface area contributed by atoms with Crippen LogP contribution in [0.1, 0.15) is 48.2 Å². The van der Waals surface area contributed by atoms with Crippen molar-refractivity contribution < 1.29 is 9.53 Å². The second kappa shape index (κ2) is 9.88. The maximum atomic E-state index is 13.4. The van der Waals surface area contributed by atoms with Gasteiger partial charge in [-0.3, -0.25) is 14.2 Å². The predicted octanol–water partition coefficient (Wildman–Crippen LogP) is 4.31. The van der Waals surface area contributed by atoms with Crippen molar-refractivity contribution in [2.75, 3.05) is 6.61 Å². The van der Waals surface area contributed by atoms with Gasteiger partial charge in [-0.2, -0.15) is 0 Å². The standard InChI is InChI=1S/C25H29N3O3S/c1-16(2)26-23(29)19-10-11-21-22(13-19)27-25(32-15-18-8-6-17(3)7-9-18)28(24(21)30)14-20-5-4-12-31-20/h6-11,13,16,20H,4-5,12,14-15H2,1-3H3,(H,26,29). The van der Waals surface area contributed by atoms with Crippen LogP contribution >= 0.6 is 11.8 Å². The van der Waals surface area contributed by atoms with E-state index in [4.69, 9.17) is 9.72 Å². The first-order chi connectivity index (χ1) is 15.4. The normalized spacial score (nSPS) is 16.1. The predicted molar refractivity (Wildman–Crippen MR) is 128 cm³/mol. The summed E-state index contributed by atoms with van der Waals surface area (Å²) in [4.78, 5) is 30.7. The molecular formula is C25H29N3O3S. The fourth-order valence-electron chi connectivity index (χ4n) is 3.78. The van der Waals surface area contributed by atoms with E-state index in [1.807, 2.05) is 13.8 Å². The summed E-state index contributed by atoms with van der Waals surface area (Å²) in [5.74, 6) is 0.540. The molecule has 1 amide bonds. The van der Waals surface area contributed by atoms with Gasteiger partial charge < -0.3 is 10.1 Å². The molecule has 1 aromatic heterocycles. The molecule has 0 spiro atoms. The molecule has 0 radical (unpaired) electrons. The van der Waals surface area contributed by atoms with Crippen molar-refractivity contribution in [3.05, 3.63) is 69.5 Å². The molecule has 2 heterocycles. The van der Waals surface area contributed by atoms with Crippen molar-refractivity contribution in [1.82, 2.24) is 14.9 Å². The third kappa shape index (κ3) is 5.22. The minimum atomic E-state index is -0.166. The summed E-state index contributed by atoms with van der Waals surface area (Å²) in [5.41, 5.74) is 3.34. The third-order valence-electron chi connectivity index (χ3n) is 5.50. The maximum absolute atomic E-state index is 13.4. The van der Waals surface area contributed by atoms with Gasteiger partial charge in [0.1, 0.15) is 0 Å². The maximum Gasteiger partial charge on any atom is 0.262 e. The van der Waals surface area contributed by atoms with Crippen LogP contribution in [0, 0.1) is 6.92 Å². The van der Waals surface area contributed by atoms with Crippen LogP contribution in [0.3, 0.4) is 0 Å². The number of ether oxygens (including phenoxy) is 1. The molecule has 3 aromatic rings. The van der Waals surface area contributed by atoms with Crippen LogP contribution in [0.25, 0.3) is 10.9 Å². The number of rotatable bonds is 7. The van der Waals surface area contributed by atoms with Crippen molar-refractivity contribution in [2.45, 2.75) is 63.2 Å². The summed E-state index contributed by atoms with van der Waals surface area (Å²) in [5, 5.41) is 4.06. The van der Waals surface area contributed by atoms with E-state index in [-0.39, 0.29) is 23.6 Å². The molecule has 1 saturated heterocycles. The largest absolute Gasteiger partial charge is 0.376 e. The average molecular weight is 452 g/mol. The first-order valence-corrected chi connectivity index (χ1v) is 12.0. The second-order valence-corrected chi connectivity index (χ2v) is 9.52.